The van der Waals surface area contributed by atoms with E-state index >= 15 is 0 Å². The van der Waals surface area contributed by atoms with Gasteiger partial charge in [-0.1, -0.05) is 46.3 Å². The highest BCUT2D eigenvalue weighted by molar-refractivity contribution is 5.99. The highest BCUT2D eigenvalue weighted by Gasteiger charge is 2.23. The monoisotopic (exact) mass is 276 g/mol. The van der Waals surface area contributed by atoms with Crippen LogP contribution in [0.3, 0.4) is 0 Å². The highest BCUT2D eigenvalue weighted by Crippen LogP contribution is 2.24. The zero-order valence-corrected chi connectivity index (χ0v) is 14.1. The second kappa shape index (κ2) is 7.66. The summed E-state index contributed by atoms with van der Waals surface area (Å²) in [5, 5.41) is 3.66. The second-order valence-electron chi connectivity index (χ2n) is 6.95. The Labute approximate surface area is 125 Å². The summed E-state index contributed by atoms with van der Waals surface area (Å²) >= 11 is 0. The van der Waals surface area contributed by atoms with Gasteiger partial charge in [0, 0.05) is 29.9 Å². The molecular formula is C18H32N2. The zero-order valence-electron chi connectivity index (χ0n) is 14.1. The molecule has 0 amide bonds. The molecule has 0 spiro atoms. The molecule has 0 saturated heterocycles. The van der Waals surface area contributed by atoms with E-state index in [1.54, 1.807) is 0 Å². The number of aliphatic imine (C=N–C) groups is 1. The summed E-state index contributed by atoms with van der Waals surface area (Å²) in [6.07, 6.45) is 9.35. The minimum Gasteiger partial charge on any atom is -0.386 e. The van der Waals surface area contributed by atoms with Crippen LogP contribution in [0.2, 0.25) is 0 Å². The lowest BCUT2D eigenvalue weighted by molar-refractivity contribution is 0.591. The number of nitrogens with zero attached hydrogens (tertiary/aromatic N) is 1. The van der Waals surface area contributed by atoms with Crippen molar-refractivity contribution in [1.29, 1.82) is 0 Å². The average molecular weight is 276 g/mol. The zero-order chi connectivity index (χ0) is 15.2. The van der Waals surface area contributed by atoms with Crippen LogP contribution in [0.1, 0.15) is 66.2 Å². The molecule has 2 nitrogen and oxygen atoms in total. The van der Waals surface area contributed by atoms with Crippen LogP contribution in [0.4, 0.5) is 0 Å². The van der Waals surface area contributed by atoms with Crippen LogP contribution in [0, 0.1) is 5.41 Å². The van der Waals surface area contributed by atoms with Gasteiger partial charge in [-0.25, -0.2) is 0 Å². The number of hydrogen-bond donors (Lipinski definition) is 1. The fraction of sp³-hybridized carbons (Fsp3) is 0.722. The minimum atomic E-state index is 0.103. The first-order valence-corrected chi connectivity index (χ1v) is 7.97. The molecule has 0 aromatic rings. The summed E-state index contributed by atoms with van der Waals surface area (Å²) in [5.41, 5.74) is 3.97. The smallest absolute Gasteiger partial charge is 0.0415 e. The van der Waals surface area contributed by atoms with Crippen LogP contribution in [0.15, 0.2) is 28.9 Å². The SMILES string of the molecule is C=C(CCC)CC/C(=C\C(=NC)C(C)(C)C)NC1CC1. The topological polar surface area (TPSA) is 24.4 Å². The highest BCUT2D eigenvalue weighted by atomic mass is 15.0. The number of allylic oxidation sites excluding steroid dienone is 3. The molecule has 0 aromatic carbocycles. The summed E-state index contributed by atoms with van der Waals surface area (Å²) in [5.74, 6) is 0. The maximum Gasteiger partial charge on any atom is 0.0415 e. The third-order valence-electron chi connectivity index (χ3n) is 3.64. The molecule has 0 atom stereocenters. The van der Waals surface area contributed by atoms with Crippen molar-refractivity contribution in [2.45, 2.75) is 72.3 Å². The molecule has 0 radical (unpaired) electrons. The first kappa shape index (κ1) is 17.0. The van der Waals surface area contributed by atoms with E-state index in [1.807, 2.05) is 7.05 Å². The van der Waals surface area contributed by atoms with Crippen molar-refractivity contribution in [1.82, 2.24) is 5.32 Å². The fourth-order valence-electron chi connectivity index (χ4n) is 2.25. The predicted octanol–water partition coefficient (Wildman–Crippen LogP) is 4.88. The Morgan fingerprint density at radius 3 is 2.35 bits per heavy atom. The van der Waals surface area contributed by atoms with Crippen molar-refractivity contribution in [3.05, 3.63) is 23.9 Å². The third kappa shape index (κ3) is 6.40. The van der Waals surface area contributed by atoms with Crippen LogP contribution in [-0.2, 0) is 0 Å². The van der Waals surface area contributed by atoms with Crippen molar-refractivity contribution >= 4 is 5.71 Å². The molecule has 0 aromatic heterocycles. The molecule has 20 heavy (non-hydrogen) atoms. The van der Waals surface area contributed by atoms with Crippen molar-refractivity contribution in [2.24, 2.45) is 10.4 Å². The van der Waals surface area contributed by atoms with Gasteiger partial charge in [0.15, 0.2) is 0 Å². The molecule has 0 aliphatic heterocycles. The number of rotatable bonds is 8. The molecule has 2 heteroatoms. The Hall–Kier alpha value is -1.05. The number of hydrogen-bond acceptors (Lipinski definition) is 2. The first-order chi connectivity index (χ1) is 9.36. The Bertz CT molecular complexity index is 379. The molecule has 1 saturated carbocycles. The van der Waals surface area contributed by atoms with Crippen LogP contribution in [0.5, 0.6) is 0 Å². The molecule has 0 bridgehead atoms. The van der Waals surface area contributed by atoms with Crippen LogP contribution >= 0.6 is 0 Å². The van der Waals surface area contributed by atoms with E-state index in [4.69, 9.17) is 0 Å². The summed E-state index contributed by atoms with van der Waals surface area (Å²) in [6.45, 7) is 13.0. The summed E-state index contributed by atoms with van der Waals surface area (Å²) in [4.78, 5) is 4.47. The molecule has 114 valence electrons. The summed E-state index contributed by atoms with van der Waals surface area (Å²) in [7, 11) is 1.89. The van der Waals surface area contributed by atoms with Crippen molar-refractivity contribution in [3.8, 4) is 0 Å². The van der Waals surface area contributed by atoms with E-state index in [9.17, 15) is 0 Å². The summed E-state index contributed by atoms with van der Waals surface area (Å²) in [6, 6.07) is 0.693. The van der Waals surface area contributed by atoms with Gasteiger partial charge in [-0.2, -0.15) is 0 Å². The molecule has 1 fully saturated rings. The Morgan fingerprint density at radius 2 is 1.90 bits per heavy atom. The molecule has 1 rings (SSSR count). The van der Waals surface area contributed by atoms with Gasteiger partial charge in [-0.05, 0) is 38.2 Å². The summed E-state index contributed by atoms with van der Waals surface area (Å²) < 4.78 is 0. The van der Waals surface area contributed by atoms with Crippen LogP contribution < -0.4 is 5.32 Å². The van der Waals surface area contributed by atoms with Gasteiger partial charge in [-0.3, -0.25) is 4.99 Å². The first-order valence-electron chi connectivity index (χ1n) is 7.97. The molecule has 1 N–H and O–H groups in total. The van der Waals surface area contributed by atoms with E-state index in [0.717, 1.165) is 19.3 Å². The molecule has 0 heterocycles. The van der Waals surface area contributed by atoms with Crippen molar-refractivity contribution in [2.75, 3.05) is 7.05 Å². The maximum absolute atomic E-state index is 4.47. The predicted molar refractivity (Wildman–Crippen MR) is 90.3 cm³/mol. The van der Waals surface area contributed by atoms with Gasteiger partial charge in [0.1, 0.15) is 0 Å². The van der Waals surface area contributed by atoms with Crippen molar-refractivity contribution < 1.29 is 0 Å². The lowest BCUT2D eigenvalue weighted by Gasteiger charge is -2.20. The quantitative estimate of drug-likeness (QED) is 0.496. The molecule has 1 aliphatic carbocycles. The van der Waals surface area contributed by atoms with Gasteiger partial charge in [0.2, 0.25) is 0 Å². The Balaban J connectivity index is 2.69. The van der Waals surface area contributed by atoms with Crippen LogP contribution in [0.25, 0.3) is 0 Å². The number of nitrogens with one attached hydrogen (secondary N) is 1. The van der Waals surface area contributed by atoms with E-state index < -0.39 is 0 Å². The Morgan fingerprint density at radius 1 is 1.25 bits per heavy atom. The minimum absolute atomic E-state index is 0.103. The second-order valence-corrected chi connectivity index (χ2v) is 6.95. The average Bonchev–Trinajstić information content (AvgIpc) is 3.15. The standard InChI is InChI=1S/C18H32N2/c1-7-8-14(2)9-10-16(20-15-11-12-15)13-17(19-6)18(3,4)5/h13,15,20H,2,7-12H2,1,3-6H3/b16-13+,19-17?. The van der Waals surface area contributed by atoms with E-state index in [1.165, 1.54) is 36.2 Å². The maximum atomic E-state index is 4.47. The van der Waals surface area contributed by atoms with E-state index in [0.29, 0.717) is 6.04 Å². The largest absolute Gasteiger partial charge is 0.386 e. The fourth-order valence-corrected chi connectivity index (χ4v) is 2.25. The molecule has 0 unspecified atom stereocenters. The molecule has 1 aliphatic rings. The van der Waals surface area contributed by atoms with Crippen molar-refractivity contribution in [3.63, 3.8) is 0 Å². The van der Waals surface area contributed by atoms with Gasteiger partial charge < -0.3 is 5.32 Å². The van der Waals surface area contributed by atoms with E-state index in [-0.39, 0.29) is 5.41 Å². The molecular weight excluding hydrogens is 244 g/mol. The van der Waals surface area contributed by atoms with Crippen LogP contribution in [-0.4, -0.2) is 18.8 Å². The van der Waals surface area contributed by atoms with Gasteiger partial charge in [0.25, 0.3) is 0 Å². The lowest BCUT2D eigenvalue weighted by Crippen LogP contribution is -2.22. The third-order valence-corrected chi connectivity index (χ3v) is 3.64. The van der Waals surface area contributed by atoms with Gasteiger partial charge >= 0.3 is 0 Å². The lowest BCUT2D eigenvalue weighted by atomic mass is 9.88. The Kier molecular flexibility index (Phi) is 6.51. The van der Waals surface area contributed by atoms with Gasteiger partial charge in [-0.15, -0.1) is 0 Å². The normalized spacial score (nSPS) is 17.2. The van der Waals surface area contributed by atoms with Gasteiger partial charge in [0.05, 0.1) is 0 Å². The van der Waals surface area contributed by atoms with E-state index in [2.05, 4.69) is 50.7 Å².